The molecule has 1 aliphatic rings. The van der Waals surface area contributed by atoms with E-state index in [1.807, 2.05) is 13.8 Å². The molecule has 0 aromatic rings. The summed E-state index contributed by atoms with van der Waals surface area (Å²) in [6.45, 7) is 6.53. The number of likely N-dealkylation sites (N-methyl/N-ethyl adjacent to an activating group) is 1. The van der Waals surface area contributed by atoms with Gasteiger partial charge in [0.1, 0.15) is 5.78 Å². The molecule has 0 radical (unpaired) electrons. The molecular weight excluding hydrogens is 192 g/mol. The standard InChI is InChI=1S/C11H20N2O2/c1-4-12(3)11(15)8-13-6-5-10(14)9(2)7-13/h9H,4-8H2,1-3H3. The molecule has 1 saturated heterocycles. The summed E-state index contributed by atoms with van der Waals surface area (Å²) >= 11 is 0. The second-order valence-electron chi connectivity index (χ2n) is 4.26. The van der Waals surface area contributed by atoms with Crippen LogP contribution in [0.15, 0.2) is 0 Å². The number of hydrogen-bond acceptors (Lipinski definition) is 3. The lowest BCUT2D eigenvalue weighted by molar-refractivity contribution is -0.134. The molecule has 1 amide bonds. The second-order valence-corrected chi connectivity index (χ2v) is 4.26. The van der Waals surface area contributed by atoms with Crippen LogP contribution in [0, 0.1) is 5.92 Å². The molecule has 0 aromatic carbocycles. The maximum absolute atomic E-state index is 11.6. The van der Waals surface area contributed by atoms with E-state index < -0.39 is 0 Å². The molecule has 0 aliphatic carbocycles. The van der Waals surface area contributed by atoms with Crippen LogP contribution in [0.3, 0.4) is 0 Å². The number of carbonyl (C=O) groups is 2. The first-order valence-corrected chi connectivity index (χ1v) is 5.53. The molecule has 1 fully saturated rings. The third kappa shape index (κ3) is 3.30. The minimum Gasteiger partial charge on any atom is -0.345 e. The van der Waals surface area contributed by atoms with E-state index in [1.165, 1.54) is 0 Å². The molecule has 0 spiro atoms. The van der Waals surface area contributed by atoms with Gasteiger partial charge >= 0.3 is 0 Å². The Morgan fingerprint density at radius 1 is 1.60 bits per heavy atom. The fourth-order valence-electron chi connectivity index (χ4n) is 1.73. The number of carbonyl (C=O) groups excluding carboxylic acids is 2. The molecule has 1 unspecified atom stereocenters. The topological polar surface area (TPSA) is 40.6 Å². The number of ketones is 1. The van der Waals surface area contributed by atoms with Gasteiger partial charge in [-0.05, 0) is 6.92 Å². The Kier molecular flexibility index (Phi) is 4.27. The molecule has 4 heteroatoms. The van der Waals surface area contributed by atoms with Gasteiger partial charge in [0.2, 0.25) is 5.91 Å². The van der Waals surface area contributed by atoms with Crippen LogP contribution in [-0.2, 0) is 9.59 Å². The van der Waals surface area contributed by atoms with Crippen molar-refractivity contribution >= 4 is 11.7 Å². The Bertz CT molecular complexity index is 253. The first-order valence-electron chi connectivity index (χ1n) is 5.53. The van der Waals surface area contributed by atoms with E-state index in [-0.39, 0.29) is 11.8 Å². The highest BCUT2D eigenvalue weighted by Gasteiger charge is 2.25. The van der Waals surface area contributed by atoms with Crippen LogP contribution in [0.25, 0.3) is 0 Å². The summed E-state index contributed by atoms with van der Waals surface area (Å²) in [5, 5.41) is 0. The predicted molar refractivity (Wildman–Crippen MR) is 58.5 cm³/mol. The minimum atomic E-state index is 0.0819. The lowest BCUT2D eigenvalue weighted by Crippen LogP contribution is -2.45. The summed E-state index contributed by atoms with van der Waals surface area (Å²) in [6, 6.07) is 0. The van der Waals surface area contributed by atoms with Gasteiger partial charge in [-0.1, -0.05) is 6.92 Å². The van der Waals surface area contributed by atoms with E-state index in [2.05, 4.69) is 4.90 Å². The summed E-state index contributed by atoms with van der Waals surface area (Å²) in [4.78, 5) is 26.7. The van der Waals surface area contributed by atoms with Gasteiger partial charge in [0.05, 0.1) is 6.54 Å². The van der Waals surface area contributed by atoms with Gasteiger partial charge in [-0.25, -0.2) is 0 Å². The van der Waals surface area contributed by atoms with Crippen molar-refractivity contribution in [2.24, 2.45) is 5.92 Å². The van der Waals surface area contributed by atoms with E-state index >= 15 is 0 Å². The van der Waals surface area contributed by atoms with Crippen LogP contribution in [0.5, 0.6) is 0 Å². The van der Waals surface area contributed by atoms with Crippen LogP contribution < -0.4 is 0 Å². The zero-order chi connectivity index (χ0) is 11.4. The van der Waals surface area contributed by atoms with Crippen LogP contribution in [0.2, 0.25) is 0 Å². The zero-order valence-electron chi connectivity index (χ0n) is 9.82. The zero-order valence-corrected chi connectivity index (χ0v) is 9.82. The number of amides is 1. The number of Topliss-reactive ketones (excluding diaryl/α,β-unsaturated/α-hetero) is 1. The normalized spacial score (nSPS) is 22.9. The second kappa shape index (κ2) is 5.26. The number of rotatable bonds is 3. The smallest absolute Gasteiger partial charge is 0.236 e. The monoisotopic (exact) mass is 212 g/mol. The third-order valence-corrected chi connectivity index (χ3v) is 3.02. The van der Waals surface area contributed by atoms with Crippen LogP contribution in [0.1, 0.15) is 20.3 Å². The van der Waals surface area contributed by atoms with Crippen molar-refractivity contribution in [1.82, 2.24) is 9.80 Å². The first-order chi connectivity index (χ1) is 7.04. The molecule has 1 rings (SSSR count). The highest BCUT2D eigenvalue weighted by Crippen LogP contribution is 2.11. The Hall–Kier alpha value is -0.900. The SMILES string of the molecule is CCN(C)C(=O)CN1CCC(=O)C(C)C1. The number of nitrogens with zero attached hydrogens (tertiary/aromatic N) is 2. The van der Waals surface area contributed by atoms with E-state index in [0.29, 0.717) is 18.7 Å². The number of likely N-dealkylation sites (tertiary alicyclic amines) is 1. The molecule has 1 atom stereocenters. The van der Waals surface area contributed by atoms with Crippen molar-refractivity contribution in [2.75, 3.05) is 33.2 Å². The number of piperidine rings is 1. The van der Waals surface area contributed by atoms with Gasteiger partial charge in [0.25, 0.3) is 0 Å². The molecule has 0 bridgehead atoms. The van der Waals surface area contributed by atoms with Gasteiger partial charge in [-0.2, -0.15) is 0 Å². The molecule has 0 saturated carbocycles. The van der Waals surface area contributed by atoms with Crippen molar-refractivity contribution in [3.05, 3.63) is 0 Å². The minimum absolute atomic E-state index is 0.0819. The molecule has 4 nitrogen and oxygen atoms in total. The van der Waals surface area contributed by atoms with Crippen LogP contribution in [0.4, 0.5) is 0 Å². The van der Waals surface area contributed by atoms with E-state index in [1.54, 1.807) is 11.9 Å². The Labute approximate surface area is 91.2 Å². The van der Waals surface area contributed by atoms with E-state index in [0.717, 1.165) is 19.6 Å². The molecule has 15 heavy (non-hydrogen) atoms. The number of hydrogen-bond donors (Lipinski definition) is 0. The molecule has 0 aromatic heterocycles. The average Bonchev–Trinajstić information content (AvgIpc) is 2.22. The highest BCUT2D eigenvalue weighted by molar-refractivity contribution is 5.82. The van der Waals surface area contributed by atoms with Gasteiger partial charge in [-0.3, -0.25) is 14.5 Å². The van der Waals surface area contributed by atoms with Crippen molar-refractivity contribution < 1.29 is 9.59 Å². The van der Waals surface area contributed by atoms with Crippen molar-refractivity contribution in [2.45, 2.75) is 20.3 Å². The Morgan fingerprint density at radius 2 is 2.27 bits per heavy atom. The fraction of sp³-hybridized carbons (Fsp3) is 0.818. The van der Waals surface area contributed by atoms with E-state index in [9.17, 15) is 9.59 Å². The Morgan fingerprint density at radius 3 is 2.80 bits per heavy atom. The van der Waals surface area contributed by atoms with Gasteiger partial charge in [0.15, 0.2) is 0 Å². The van der Waals surface area contributed by atoms with Gasteiger partial charge in [-0.15, -0.1) is 0 Å². The molecule has 0 N–H and O–H groups in total. The maximum Gasteiger partial charge on any atom is 0.236 e. The maximum atomic E-state index is 11.6. The molecule has 86 valence electrons. The summed E-state index contributed by atoms with van der Waals surface area (Å²) in [5.41, 5.74) is 0. The average molecular weight is 212 g/mol. The van der Waals surface area contributed by atoms with Crippen molar-refractivity contribution in [3.8, 4) is 0 Å². The largest absolute Gasteiger partial charge is 0.345 e. The lowest BCUT2D eigenvalue weighted by atomic mass is 9.99. The molecule has 1 heterocycles. The molecule has 1 aliphatic heterocycles. The summed E-state index contributed by atoms with van der Waals surface area (Å²) in [7, 11) is 1.81. The first kappa shape index (κ1) is 12.2. The highest BCUT2D eigenvalue weighted by atomic mass is 16.2. The van der Waals surface area contributed by atoms with Crippen LogP contribution >= 0.6 is 0 Å². The Balaban J connectivity index is 2.40. The van der Waals surface area contributed by atoms with Crippen molar-refractivity contribution in [3.63, 3.8) is 0 Å². The fourth-order valence-corrected chi connectivity index (χ4v) is 1.73. The quantitative estimate of drug-likeness (QED) is 0.679. The summed E-state index contributed by atoms with van der Waals surface area (Å²) in [5.74, 6) is 0.542. The third-order valence-electron chi connectivity index (χ3n) is 3.02. The molecular formula is C11H20N2O2. The lowest BCUT2D eigenvalue weighted by Gasteiger charge is -2.30. The summed E-state index contributed by atoms with van der Waals surface area (Å²) in [6.07, 6.45) is 0.588. The van der Waals surface area contributed by atoms with E-state index in [4.69, 9.17) is 0 Å². The van der Waals surface area contributed by atoms with Crippen LogP contribution in [-0.4, -0.2) is 54.7 Å². The predicted octanol–water partition coefficient (Wildman–Crippen LogP) is 0.376. The van der Waals surface area contributed by atoms with Gasteiger partial charge < -0.3 is 4.90 Å². The van der Waals surface area contributed by atoms with Crippen molar-refractivity contribution in [1.29, 1.82) is 0 Å². The summed E-state index contributed by atoms with van der Waals surface area (Å²) < 4.78 is 0. The van der Waals surface area contributed by atoms with Gasteiger partial charge in [0, 0.05) is 39.0 Å².